The Balaban J connectivity index is 1.89. The van der Waals surface area contributed by atoms with E-state index in [-0.39, 0.29) is 17.4 Å². The summed E-state index contributed by atoms with van der Waals surface area (Å²) in [6.45, 7) is -0.276. The quantitative estimate of drug-likeness (QED) is 0.570. The number of nitrogens with zero attached hydrogens (tertiary/aromatic N) is 1. The molecule has 0 aliphatic rings. The second kappa shape index (κ2) is 8.19. The number of carbonyl (C=O) groups is 1. The van der Waals surface area contributed by atoms with Crippen molar-refractivity contribution < 1.29 is 14.6 Å². The molecule has 0 aliphatic carbocycles. The number of carbonyl (C=O) groups excluding carboxylic acids is 1. The number of phenols is 1. The second-order valence-corrected chi connectivity index (χ2v) is 6.04. The van der Waals surface area contributed by atoms with Gasteiger partial charge in [0.25, 0.3) is 5.91 Å². The minimum atomic E-state index is -0.480. The molecule has 2 rings (SSSR count). The normalized spacial score (nSPS) is 10.7. The van der Waals surface area contributed by atoms with Crippen LogP contribution in [0.5, 0.6) is 11.5 Å². The molecule has 0 fully saturated rings. The SMILES string of the molecule is O=C(COc1cccc(Cl)c1Cl)N/N=C/c1cc(Br)ccc1O. The van der Waals surface area contributed by atoms with Gasteiger partial charge in [0.2, 0.25) is 0 Å². The summed E-state index contributed by atoms with van der Waals surface area (Å²) >= 11 is 15.1. The van der Waals surface area contributed by atoms with Gasteiger partial charge in [0, 0.05) is 10.0 Å². The van der Waals surface area contributed by atoms with Crippen LogP contribution in [0, 0.1) is 0 Å². The van der Waals surface area contributed by atoms with Crippen molar-refractivity contribution in [2.24, 2.45) is 5.10 Å². The summed E-state index contributed by atoms with van der Waals surface area (Å²) in [6.07, 6.45) is 1.32. The Morgan fingerprint density at radius 2 is 2.13 bits per heavy atom. The van der Waals surface area contributed by atoms with Gasteiger partial charge in [-0.1, -0.05) is 45.2 Å². The summed E-state index contributed by atoms with van der Waals surface area (Å²) in [7, 11) is 0. The van der Waals surface area contributed by atoms with Crippen LogP contribution in [0.25, 0.3) is 0 Å². The standard InChI is InChI=1S/C15H11BrCl2N2O3/c16-10-4-5-12(21)9(6-10)7-19-20-14(22)8-23-13-3-1-2-11(17)15(13)18/h1-7,21H,8H2,(H,20,22)/b19-7+. The number of benzene rings is 2. The molecule has 120 valence electrons. The van der Waals surface area contributed by atoms with E-state index < -0.39 is 5.91 Å². The fourth-order valence-electron chi connectivity index (χ4n) is 1.57. The fourth-order valence-corrected chi connectivity index (χ4v) is 2.30. The van der Waals surface area contributed by atoms with E-state index in [1.54, 1.807) is 30.3 Å². The maximum Gasteiger partial charge on any atom is 0.277 e. The lowest BCUT2D eigenvalue weighted by atomic mass is 10.2. The van der Waals surface area contributed by atoms with Gasteiger partial charge in [-0.25, -0.2) is 5.43 Å². The van der Waals surface area contributed by atoms with Gasteiger partial charge in [0.1, 0.15) is 16.5 Å². The first-order valence-corrected chi connectivity index (χ1v) is 7.89. The molecule has 0 aromatic heterocycles. The Kier molecular flexibility index (Phi) is 6.27. The third-order valence-corrected chi connectivity index (χ3v) is 3.95. The van der Waals surface area contributed by atoms with E-state index in [2.05, 4.69) is 26.5 Å². The summed E-state index contributed by atoms with van der Waals surface area (Å²) in [5, 5.41) is 14.0. The molecule has 0 bridgehead atoms. The van der Waals surface area contributed by atoms with E-state index in [1.165, 1.54) is 12.3 Å². The lowest BCUT2D eigenvalue weighted by molar-refractivity contribution is -0.123. The fraction of sp³-hybridized carbons (Fsp3) is 0.0667. The van der Waals surface area contributed by atoms with Crippen LogP contribution < -0.4 is 10.2 Å². The third kappa shape index (κ3) is 5.13. The van der Waals surface area contributed by atoms with Gasteiger partial charge in [-0.2, -0.15) is 5.10 Å². The number of ether oxygens (including phenoxy) is 1. The summed E-state index contributed by atoms with van der Waals surface area (Å²) in [4.78, 5) is 11.7. The van der Waals surface area contributed by atoms with Crippen molar-refractivity contribution in [2.45, 2.75) is 0 Å². The van der Waals surface area contributed by atoms with Crippen molar-refractivity contribution in [3.8, 4) is 11.5 Å². The average molecular weight is 418 g/mol. The number of phenolic OH excluding ortho intramolecular Hbond substituents is 1. The average Bonchev–Trinajstić information content (AvgIpc) is 2.52. The number of nitrogens with one attached hydrogen (secondary N) is 1. The highest BCUT2D eigenvalue weighted by molar-refractivity contribution is 9.10. The van der Waals surface area contributed by atoms with Gasteiger partial charge in [0.05, 0.1) is 11.2 Å². The number of hydrogen-bond donors (Lipinski definition) is 2. The molecule has 0 radical (unpaired) electrons. The van der Waals surface area contributed by atoms with E-state index in [0.717, 1.165) is 4.47 Å². The zero-order valence-electron chi connectivity index (χ0n) is 11.6. The van der Waals surface area contributed by atoms with Crippen molar-refractivity contribution >= 4 is 51.3 Å². The van der Waals surface area contributed by atoms with Crippen LogP contribution in [0.15, 0.2) is 46.0 Å². The molecule has 5 nitrogen and oxygen atoms in total. The van der Waals surface area contributed by atoms with E-state index >= 15 is 0 Å². The van der Waals surface area contributed by atoms with Crippen LogP contribution in [-0.2, 0) is 4.79 Å². The van der Waals surface area contributed by atoms with Gasteiger partial charge >= 0.3 is 0 Å². The van der Waals surface area contributed by atoms with Crippen LogP contribution in [0.1, 0.15) is 5.56 Å². The molecular weight excluding hydrogens is 407 g/mol. The molecule has 0 aliphatic heterocycles. The second-order valence-electron chi connectivity index (χ2n) is 4.34. The summed E-state index contributed by atoms with van der Waals surface area (Å²) in [5.41, 5.74) is 2.74. The minimum Gasteiger partial charge on any atom is -0.507 e. The van der Waals surface area contributed by atoms with Gasteiger partial charge in [0.15, 0.2) is 6.61 Å². The molecule has 2 N–H and O–H groups in total. The molecule has 23 heavy (non-hydrogen) atoms. The highest BCUT2D eigenvalue weighted by Gasteiger charge is 2.07. The number of hydrazone groups is 1. The highest BCUT2D eigenvalue weighted by atomic mass is 79.9. The lowest BCUT2D eigenvalue weighted by Gasteiger charge is -2.07. The highest BCUT2D eigenvalue weighted by Crippen LogP contribution is 2.31. The third-order valence-electron chi connectivity index (χ3n) is 2.66. The first kappa shape index (κ1) is 17.6. The largest absolute Gasteiger partial charge is 0.507 e. The molecular formula is C15H11BrCl2N2O3. The van der Waals surface area contributed by atoms with Crippen LogP contribution >= 0.6 is 39.1 Å². The summed E-state index contributed by atoms with van der Waals surface area (Å²) in [5.74, 6) is -0.122. The van der Waals surface area contributed by atoms with E-state index in [4.69, 9.17) is 27.9 Å². The molecule has 0 unspecified atom stereocenters. The predicted molar refractivity (Wildman–Crippen MR) is 93.5 cm³/mol. The predicted octanol–water partition coefficient (Wildman–Crippen LogP) is 3.99. The van der Waals surface area contributed by atoms with Crippen LogP contribution in [0.3, 0.4) is 0 Å². The maximum absolute atomic E-state index is 11.7. The van der Waals surface area contributed by atoms with Crippen molar-refractivity contribution in [2.75, 3.05) is 6.61 Å². The van der Waals surface area contributed by atoms with E-state index in [9.17, 15) is 9.90 Å². The molecule has 0 heterocycles. The van der Waals surface area contributed by atoms with Crippen LogP contribution in [0.2, 0.25) is 10.0 Å². The van der Waals surface area contributed by atoms with Crippen molar-refractivity contribution in [3.63, 3.8) is 0 Å². The first-order valence-electron chi connectivity index (χ1n) is 6.34. The van der Waals surface area contributed by atoms with E-state index in [1.807, 2.05) is 0 Å². The monoisotopic (exact) mass is 416 g/mol. The Morgan fingerprint density at radius 1 is 1.35 bits per heavy atom. The van der Waals surface area contributed by atoms with Crippen molar-refractivity contribution in [1.29, 1.82) is 0 Å². The molecule has 0 atom stereocenters. The number of halogens is 3. The van der Waals surface area contributed by atoms with Gasteiger partial charge in [-0.15, -0.1) is 0 Å². The van der Waals surface area contributed by atoms with Crippen LogP contribution in [0.4, 0.5) is 0 Å². The van der Waals surface area contributed by atoms with Crippen molar-refractivity contribution in [1.82, 2.24) is 5.43 Å². The molecule has 0 spiro atoms. The summed E-state index contributed by atoms with van der Waals surface area (Å²) < 4.78 is 6.05. The first-order chi connectivity index (χ1) is 11.0. The Bertz CT molecular complexity index is 753. The minimum absolute atomic E-state index is 0.0492. The molecule has 2 aromatic carbocycles. The van der Waals surface area contributed by atoms with Gasteiger partial charge in [-0.3, -0.25) is 4.79 Å². The zero-order chi connectivity index (χ0) is 16.8. The Labute approximate surface area is 151 Å². The summed E-state index contributed by atoms with van der Waals surface area (Å²) in [6, 6.07) is 9.74. The molecule has 2 aromatic rings. The zero-order valence-corrected chi connectivity index (χ0v) is 14.7. The topological polar surface area (TPSA) is 70.9 Å². The number of hydrogen-bond acceptors (Lipinski definition) is 4. The van der Waals surface area contributed by atoms with Gasteiger partial charge in [-0.05, 0) is 30.3 Å². The number of aromatic hydroxyl groups is 1. The Morgan fingerprint density at radius 3 is 2.91 bits per heavy atom. The molecule has 0 saturated carbocycles. The molecule has 0 saturated heterocycles. The number of rotatable bonds is 5. The molecule has 8 heteroatoms. The maximum atomic E-state index is 11.7. The number of amides is 1. The van der Waals surface area contributed by atoms with Gasteiger partial charge < -0.3 is 9.84 Å². The van der Waals surface area contributed by atoms with Crippen LogP contribution in [-0.4, -0.2) is 23.8 Å². The lowest BCUT2D eigenvalue weighted by Crippen LogP contribution is -2.24. The molecule has 1 amide bonds. The van der Waals surface area contributed by atoms with Crippen molar-refractivity contribution in [3.05, 3.63) is 56.5 Å². The Hall–Kier alpha value is -1.76. The van der Waals surface area contributed by atoms with E-state index in [0.29, 0.717) is 16.3 Å². The smallest absolute Gasteiger partial charge is 0.277 e.